The van der Waals surface area contributed by atoms with Crippen molar-refractivity contribution < 1.29 is 32.5 Å². The topological polar surface area (TPSA) is 70.0 Å². The molecule has 158 valence electrons. The van der Waals surface area contributed by atoms with Crippen LogP contribution in [0.2, 0.25) is 18.1 Å². The zero-order chi connectivity index (χ0) is 21.1. The summed E-state index contributed by atoms with van der Waals surface area (Å²) >= 11 is 0. The lowest BCUT2D eigenvalue weighted by molar-refractivity contribution is -0.284. The van der Waals surface area contributed by atoms with Gasteiger partial charge in [0.15, 0.2) is 14.1 Å². The first kappa shape index (κ1) is 21.7. The van der Waals surface area contributed by atoms with Crippen molar-refractivity contribution >= 4 is 8.32 Å². The van der Waals surface area contributed by atoms with Crippen LogP contribution in [0.25, 0.3) is 0 Å². The lowest BCUT2D eigenvalue weighted by Crippen LogP contribution is -2.44. The summed E-state index contributed by atoms with van der Waals surface area (Å²) in [4.78, 5) is 3.16. The Bertz CT molecular complexity index is 754. The predicted octanol–water partition coefficient (Wildman–Crippen LogP) is 3.45. The molecule has 3 rings (SSSR count). The number of ether oxygens (including phenoxy) is 3. The second-order valence-corrected chi connectivity index (χ2v) is 14.2. The molecule has 1 aromatic heterocycles. The van der Waals surface area contributed by atoms with Crippen LogP contribution in [0.15, 0.2) is 12.1 Å². The largest absolute Gasteiger partial charge is 0.414 e. The lowest BCUT2D eigenvalue weighted by Gasteiger charge is -2.37. The standard InChI is InChI=1S/C19H29F2NO5Si/c1-17(2,3)28(6,7)24-10-12-14-15(27-18(4,5)26-14)19(23,25-12)11-8-9-13(20)22-16(11)21/h8-9,12,14-15,23H,10H2,1-7H3/t12-,14-,15-,19-/m1/s1. The molecule has 1 aromatic rings. The number of halogens is 2. The second kappa shape index (κ2) is 6.78. The number of hydrogen-bond donors (Lipinski definition) is 1. The SMILES string of the molecule is CC1(C)O[C@H]2[C@@H](O1)[C@@](O)(c1ccc(F)nc1F)O[C@@H]2CO[Si](C)(C)C(C)(C)C. The molecule has 0 unspecified atom stereocenters. The molecule has 2 saturated heterocycles. The molecule has 0 amide bonds. The maximum atomic E-state index is 14.3. The van der Waals surface area contributed by atoms with Gasteiger partial charge in [-0.2, -0.15) is 13.8 Å². The van der Waals surface area contributed by atoms with E-state index in [0.29, 0.717) is 0 Å². The number of nitrogens with zero attached hydrogens (tertiary/aromatic N) is 1. The molecule has 2 fully saturated rings. The van der Waals surface area contributed by atoms with Crippen LogP contribution >= 0.6 is 0 Å². The Morgan fingerprint density at radius 3 is 2.39 bits per heavy atom. The normalized spacial score (nSPS) is 32.6. The van der Waals surface area contributed by atoms with E-state index >= 15 is 0 Å². The summed E-state index contributed by atoms with van der Waals surface area (Å²) in [6, 6.07) is 2.08. The van der Waals surface area contributed by atoms with Crippen LogP contribution < -0.4 is 0 Å². The minimum Gasteiger partial charge on any atom is -0.414 e. The summed E-state index contributed by atoms with van der Waals surface area (Å²) < 4.78 is 51.4. The van der Waals surface area contributed by atoms with Gasteiger partial charge in [0.1, 0.15) is 18.3 Å². The molecule has 28 heavy (non-hydrogen) atoms. The third kappa shape index (κ3) is 3.76. The summed E-state index contributed by atoms with van der Waals surface area (Å²) in [6.07, 6.45) is -2.36. The van der Waals surface area contributed by atoms with Crippen LogP contribution in [0, 0.1) is 11.9 Å². The van der Waals surface area contributed by atoms with E-state index < -0.39 is 50.1 Å². The smallest absolute Gasteiger partial charge is 0.227 e. The van der Waals surface area contributed by atoms with Gasteiger partial charge in [0.2, 0.25) is 17.7 Å². The number of hydrogen-bond acceptors (Lipinski definition) is 6. The van der Waals surface area contributed by atoms with Crippen LogP contribution in [0.3, 0.4) is 0 Å². The summed E-state index contributed by atoms with van der Waals surface area (Å²) in [5, 5.41) is 11.2. The molecular formula is C19H29F2NO5Si. The van der Waals surface area contributed by atoms with Crippen molar-refractivity contribution in [2.45, 2.75) is 82.6 Å². The molecule has 9 heteroatoms. The van der Waals surface area contributed by atoms with Gasteiger partial charge in [-0.1, -0.05) is 20.8 Å². The van der Waals surface area contributed by atoms with Gasteiger partial charge in [0.25, 0.3) is 0 Å². The molecule has 2 aliphatic rings. The van der Waals surface area contributed by atoms with E-state index in [1.54, 1.807) is 13.8 Å². The molecule has 0 aliphatic carbocycles. The zero-order valence-corrected chi connectivity index (χ0v) is 18.4. The monoisotopic (exact) mass is 417 g/mol. The van der Waals surface area contributed by atoms with Crippen LogP contribution in [0.1, 0.15) is 40.2 Å². The minimum atomic E-state index is -2.16. The molecule has 0 radical (unpaired) electrons. The fourth-order valence-corrected chi connectivity index (χ4v) is 4.27. The highest BCUT2D eigenvalue weighted by molar-refractivity contribution is 6.74. The highest BCUT2D eigenvalue weighted by Gasteiger charge is 2.64. The first-order chi connectivity index (χ1) is 12.7. The third-order valence-electron chi connectivity index (χ3n) is 5.83. The Labute approximate surface area is 165 Å². The van der Waals surface area contributed by atoms with Crippen LogP contribution in [-0.4, -0.2) is 49.1 Å². The van der Waals surface area contributed by atoms with E-state index in [1.807, 2.05) is 0 Å². The van der Waals surface area contributed by atoms with E-state index in [2.05, 4.69) is 38.8 Å². The molecular weight excluding hydrogens is 388 g/mol. The van der Waals surface area contributed by atoms with Gasteiger partial charge in [-0.3, -0.25) is 0 Å². The maximum Gasteiger partial charge on any atom is 0.227 e. The molecule has 6 nitrogen and oxygen atoms in total. The number of fused-ring (bicyclic) bond motifs is 1. The number of aromatic nitrogens is 1. The van der Waals surface area contributed by atoms with Crippen molar-refractivity contribution in [1.29, 1.82) is 0 Å². The maximum absolute atomic E-state index is 14.3. The molecule has 0 aromatic carbocycles. The zero-order valence-electron chi connectivity index (χ0n) is 17.4. The Morgan fingerprint density at radius 1 is 1.18 bits per heavy atom. The molecule has 2 aliphatic heterocycles. The summed E-state index contributed by atoms with van der Waals surface area (Å²) in [5.41, 5.74) is -0.292. The van der Waals surface area contributed by atoms with Gasteiger partial charge in [-0.15, -0.1) is 0 Å². The first-order valence-electron chi connectivity index (χ1n) is 9.39. The van der Waals surface area contributed by atoms with Crippen molar-refractivity contribution in [3.05, 3.63) is 29.6 Å². The van der Waals surface area contributed by atoms with Crippen molar-refractivity contribution in [2.24, 2.45) is 0 Å². The Morgan fingerprint density at radius 2 is 1.82 bits per heavy atom. The van der Waals surface area contributed by atoms with Gasteiger partial charge < -0.3 is 23.7 Å². The molecule has 0 bridgehead atoms. The average Bonchev–Trinajstić information content (AvgIpc) is 2.97. The number of pyridine rings is 1. The highest BCUT2D eigenvalue weighted by Crippen LogP contribution is 2.48. The Balaban J connectivity index is 1.90. The van der Waals surface area contributed by atoms with Gasteiger partial charge in [0, 0.05) is 0 Å². The molecule has 0 saturated carbocycles. The van der Waals surface area contributed by atoms with Crippen LogP contribution in [0.5, 0.6) is 0 Å². The van der Waals surface area contributed by atoms with Crippen molar-refractivity contribution in [1.82, 2.24) is 4.98 Å². The average molecular weight is 418 g/mol. The van der Waals surface area contributed by atoms with Crippen molar-refractivity contribution in [2.75, 3.05) is 6.61 Å². The first-order valence-corrected chi connectivity index (χ1v) is 12.3. The van der Waals surface area contributed by atoms with Crippen LogP contribution in [0.4, 0.5) is 8.78 Å². The van der Waals surface area contributed by atoms with Gasteiger partial charge in [0.05, 0.1) is 12.2 Å². The van der Waals surface area contributed by atoms with E-state index in [1.165, 1.54) is 0 Å². The minimum absolute atomic E-state index is 0.0133. The van der Waals surface area contributed by atoms with E-state index in [9.17, 15) is 13.9 Å². The summed E-state index contributed by atoms with van der Waals surface area (Å²) in [7, 11) is -2.09. The van der Waals surface area contributed by atoms with E-state index in [-0.39, 0.29) is 17.2 Å². The summed E-state index contributed by atoms with van der Waals surface area (Å²) in [5.74, 6) is -5.29. The lowest BCUT2D eigenvalue weighted by atomic mass is 9.99. The third-order valence-corrected chi connectivity index (χ3v) is 10.3. The highest BCUT2D eigenvalue weighted by atomic mass is 28.4. The van der Waals surface area contributed by atoms with Gasteiger partial charge in [-0.25, -0.2) is 0 Å². The second-order valence-electron chi connectivity index (χ2n) is 9.42. The molecule has 3 heterocycles. The summed E-state index contributed by atoms with van der Waals surface area (Å²) in [6.45, 7) is 14.1. The van der Waals surface area contributed by atoms with E-state index in [4.69, 9.17) is 18.6 Å². The van der Waals surface area contributed by atoms with Gasteiger partial charge >= 0.3 is 0 Å². The van der Waals surface area contributed by atoms with Crippen molar-refractivity contribution in [3.8, 4) is 0 Å². The fourth-order valence-electron chi connectivity index (χ4n) is 3.26. The Hall–Kier alpha value is -0.973. The quantitative estimate of drug-likeness (QED) is 0.598. The number of aliphatic hydroxyl groups is 1. The van der Waals surface area contributed by atoms with Gasteiger partial charge in [-0.05, 0) is 44.1 Å². The fraction of sp³-hybridized carbons (Fsp3) is 0.737. The van der Waals surface area contributed by atoms with Crippen LogP contribution in [-0.2, 0) is 24.4 Å². The van der Waals surface area contributed by atoms with Crippen molar-refractivity contribution in [3.63, 3.8) is 0 Å². The number of rotatable bonds is 4. The molecule has 1 N–H and O–H groups in total. The molecule has 4 atom stereocenters. The van der Waals surface area contributed by atoms with E-state index in [0.717, 1.165) is 12.1 Å². The predicted molar refractivity (Wildman–Crippen MR) is 99.9 cm³/mol. The molecule has 0 spiro atoms. The Kier molecular flexibility index (Phi) is 5.26.